The Morgan fingerprint density at radius 1 is 1.32 bits per heavy atom. The molecule has 0 saturated heterocycles. The molecule has 8 nitrogen and oxygen atoms in total. The number of nitrogens with two attached hydrogens (primary N) is 1. The monoisotopic (exact) mass is 304 g/mol. The number of hydrazone groups is 1. The van der Waals surface area contributed by atoms with Gasteiger partial charge in [-0.05, 0) is 12.3 Å². The summed E-state index contributed by atoms with van der Waals surface area (Å²) in [5.74, 6) is -1.87. The summed E-state index contributed by atoms with van der Waals surface area (Å²) in [6.07, 6.45) is 0.435. The maximum atomic E-state index is 10.1. The first kappa shape index (κ1) is 16.2. The average molecular weight is 304 g/mol. The largest absolute Gasteiger partial charge is 0.386 e. The second kappa shape index (κ2) is 4.94. The highest BCUT2D eigenvalue weighted by Gasteiger charge is 2.80. The summed E-state index contributed by atoms with van der Waals surface area (Å²) >= 11 is 0. The van der Waals surface area contributed by atoms with E-state index in [0.717, 1.165) is 0 Å². The molecule has 2 rings (SSSR count). The van der Waals surface area contributed by atoms with E-state index in [-0.39, 0.29) is 11.8 Å². The van der Waals surface area contributed by atoms with Gasteiger partial charge in [-0.2, -0.15) is 15.6 Å². The molecule has 2 N–H and O–H groups in total. The van der Waals surface area contributed by atoms with E-state index in [1.54, 1.807) is 19.1 Å². The van der Waals surface area contributed by atoms with Crippen LogP contribution in [-0.2, 0) is 9.47 Å². The van der Waals surface area contributed by atoms with E-state index in [2.05, 4.69) is 22.2 Å². The molecule has 1 fully saturated rings. The van der Waals surface area contributed by atoms with E-state index in [9.17, 15) is 10.5 Å². The molecule has 0 aromatic carbocycles. The lowest BCUT2D eigenvalue weighted by molar-refractivity contribution is -0.240. The summed E-state index contributed by atoms with van der Waals surface area (Å²) in [7, 11) is 6.25. The van der Waals surface area contributed by atoms with Gasteiger partial charge in [-0.15, -0.1) is 0 Å². The quantitative estimate of drug-likeness (QED) is 0.590. The Morgan fingerprint density at radius 2 is 1.91 bits per heavy atom. The third kappa shape index (κ3) is 1.46. The predicted octanol–water partition coefficient (Wildman–Crippen LogP) is 0.281. The van der Waals surface area contributed by atoms with Crippen LogP contribution in [0.25, 0.3) is 0 Å². The Labute approximate surface area is 129 Å². The van der Waals surface area contributed by atoms with Crippen LogP contribution in [0.5, 0.6) is 0 Å². The fourth-order valence-electron chi connectivity index (χ4n) is 3.71. The first-order valence-electron chi connectivity index (χ1n) is 6.85. The number of hydrogen-bond acceptors (Lipinski definition) is 8. The van der Waals surface area contributed by atoms with Gasteiger partial charge in [-0.25, -0.2) is 4.99 Å². The van der Waals surface area contributed by atoms with Gasteiger partial charge in [-0.1, -0.05) is 6.92 Å². The SMILES string of the molecule is COC1(OC)N=C(N)C2(C#N)C(C)C/C(=N\N(C)C)C12C#N. The van der Waals surface area contributed by atoms with Crippen molar-refractivity contribution in [2.45, 2.75) is 19.3 Å². The number of aliphatic imine (C=N–C) groups is 1. The number of hydrogen-bond donors (Lipinski definition) is 1. The zero-order valence-corrected chi connectivity index (χ0v) is 13.4. The molecule has 1 saturated carbocycles. The van der Waals surface area contributed by atoms with Crippen LogP contribution >= 0.6 is 0 Å². The Kier molecular flexibility index (Phi) is 3.64. The average Bonchev–Trinajstić information content (AvgIpc) is 2.86. The number of fused-ring (bicyclic) bond motifs is 1. The fourth-order valence-corrected chi connectivity index (χ4v) is 3.71. The summed E-state index contributed by atoms with van der Waals surface area (Å²) in [5.41, 5.74) is 3.72. The third-order valence-electron chi connectivity index (χ3n) is 4.63. The van der Waals surface area contributed by atoms with Crippen molar-refractivity contribution in [2.24, 2.45) is 32.6 Å². The van der Waals surface area contributed by atoms with Crippen LogP contribution in [0.4, 0.5) is 0 Å². The molecule has 3 atom stereocenters. The van der Waals surface area contributed by atoms with Crippen LogP contribution in [0.1, 0.15) is 13.3 Å². The van der Waals surface area contributed by atoms with Crippen LogP contribution in [-0.4, -0.2) is 50.8 Å². The molecular formula is C14H20N6O2. The molecule has 22 heavy (non-hydrogen) atoms. The van der Waals surface area contributed by atoms with Crippen molar-refractivity contribution in [1.82, 2.24) is 5.01 Å². The Bertz CT molecular complexity index is 624. The Morgan fingerprint density at radius 3 is 2.32 bits per heavy atom. The van der Waals surface area contributed by atoms with Gasteiger partial charge in [0.15, 0.2) is 5.41 Å². The number of methoxy groups -OCH3 is 2. The third-order valence-corrected chi connectivity index (χ3v) is 4.63. The normalized spacial score (nSPS) is 37.3. The lowest BCUT2D eigenvalue weighted by Crippen LogP contribution is -2.58. The molecule has 0 radical (unpaired) electrons. The summed E-state index contributed by atoms with van der Waals surface area (Å²) in [5, 5.41) is 25.9. The molecule has 3 unspecified atom stereocenters. The zero-order valence-electron chi connectivity index (χ0n) is 13.4. The van der Waals surface area contributed by atoms with Gasteiger partial charge in [0, 0.05) is 28.3 Å². The number of nitrogens with zero attached hydrogens (tertiary/aromatic N) is 5. The van der Waals surface area contributed by atoms with Crippen LogP contribution < -0.4 is 5.73 Å². The van der Waals surface area contributed by atoms with Crippen molar-refractivity contribution in [3.8, 4) is 12.1 Å². The van der Waals surface area contributed by atoms with Gasteiger partial charge in [0.25, 0.3) is 5.91 Å². The van der Waals surface area contributed by atoms with Crippen molar-refractivity contribution in [3.63, 3.8) is 0 Å². The van der Waals surface area contributed by atoms with Crippen molar-refractivity contribution in [1.29, 1.82) is 10.5 Å². The minimum atomic E-state index is -1.68. The summed E-state index contributed by atoms with van der Waals surface area (Å²) in [6, 6.07) is 4.44. The van der Waals surface area contributed by atoms with Gasteiger partial charge >= 0.3 is 0 Å². The van der Waals surface area contributed by atoms with Crippen LogP contribution in [0.2, 0.25) is 0 Å². The highest BCUT2D eigenvalue weighted by molar-refractivity contribution is 6.09. The molecule has 0 aromatic heterocycles. The number of nitriles is 2. The highest BCUT2D eigenvalue weighted by atomic mass is 16.7. The second-order valence-electron chi connectivity index (χ2n) is 5.77. The smallest absolute Gasteiger partial charge is 0.297 e. The first-order chi connectivity index (χ1) is 10.3. The van der Waals surface area contributed by atoms with E-state index < -0.39 is 16.7 Å². The van der Waals surface area contributed by atoms with Crippen molar-refractivity contribution in [3.05, 3.63) is 0 Å². The fraction of sp³-hybridized carbons (Fsp3) is 0.714. The topological polar surface area (TPSA) is 120 Å². The molecule has 8 heteroatoms. The van der Waals surface area contributed by atoms with E-state index in [4.69, 9.17) is 15.2 Å². The highest BCUT2D eigenvalue weighted by Crippen LogP contribution is 2.64. The lowest BCUT2D eigenvalue weighted by atomic mass is 9.62. The summed E-state index contributed by atoms with van der Waals surface area (Å²) in [6.45, 7) is 1.86. The predicted molar refractivity (Wildman–Crippen MR) is 79.4 cm³/mol. The molecular weight excluding hydrogens is 284 g/mol. The van der Waals surface area contributed by atoms with E-state index >= 15 is 0 Å². The maximum absolute atomic E-state index is 10.1. The maximum Gasteiger partial charge on any atom is 0.297 e. The Hall–Kier alpha value is -2.16. The first-order valence-corrected chi connectivity index (χ1v) is 6.85. The molecule has 1 aliphatic carbocycles. The van der Waals surface area contributed by atoms with Crippen LogP contribution in [0.3, 0.4) is 0 Å². The van der Waals surface area contributed by atoms with E-state index in [0.29, 0.717) is 12.1 Å². The molecule has 0 spiro atoms. The molecule has 1 aliphatic heterocycles. The van der Waals surface area contributed by atoms with Crippen molar-refractivity contribution >= 4 is 11.5 Å². The minimum absolute atomic E-state index is 0.0525. The summed E-state index contributed by atoms with van der Waals surface area (Å²) in [4.78, 5) is 4.24. The molecule has 118 valence electrons. The number of amidine groups is 1. The van der Waals surface area contributed by atoms with Crippen molar-refractivity contribution in [2.75, 3.05) is 28.3 Å². The second-order valence-corrected chi connectivity index (χ2v) is 5.77. The van der Waals surface area contributed by atoms with Gasteiger partial charge in [0.05, 0.1) is 17.9 Å². The van der Waals surface area contributed by atoms with Gasteiger partial charge in [-0.3, -0.25) is 0 Å². The van der Waals surface area contributed by atoms with Crippen LogP contribution in [0, 0.1) is 39.4 Å². The lowest BCUT2D eigenvalue weighted by Gasteiger charge is -2.39. The van der Waals surface area contributed by atoms with E-state index in [1.807, 2.05) is 6.92 Å². The van der Waals surface area contributed by atoms with Crippen LogP contribution in [0.15, 0.2) is 10.1 Å². The molecule has 0 aromatic rings. The number of rotatable bonds is 3. The Balaban J connectivity index is 2.89. The zero-order chi connectivity index (χ0) is 16.8. The standard InChI is InChI=1S/C14H20N6O2/c1-9-6-10(19-20(2)3)13(8-16)12(9,7-15)11(17)18-14(13,21-4)22-5/h9H,6H2,1-5H3,(H2,17,18)/b19-10+. The van der Waals surface area contributed by atoms with Gasteiger partial charge < -0.3 is 20.2 Å². The van der Waals surface area contributed by atoms with Gasteiger partial charge in [0.2, 0.25) is 0 Å². The summed E-state index contributed by atoms with van der Waals surface area (Å²) < 4.78 is 10.9. The van der Waals surface area contributed by atoms with Crippen molar-refractivity contribution < 1.29 is 9.47 Å². The number of ether oxygens (including phenoxy) is 2. The molecule has 0 bridgehead atoms. The van der Waals surface area contributed by atoms with Gasteiger partial charge in [0.1, 0.15) is 11.3 Å². The minimum Gasteiger partial charge on any atom is -0.386 e. The molecule has 2 aliphatic rings. The molecule has 0 amide bonds. The van der Waals surface area contributed by atoms with E-state index in [1.165, 1.54) is 14.2 Å². The molecule has 1 heterocycles.